The zero-order valence-corrected chi connectivity index (χ0v) is 18.3. The summed E-state index contributed by atoms with van der Waals surface area (Å²) in [6, 6.07) is 11.9. The molecule has 1 saturated heterocycles. The number of benzene rings is 2. The summed E-state index contributed by atoms with van der Waals surface area (Å²) in [7, 11) is 4.59. The highest BCUT2D eigenvalue weighted by atomic mass is 35.5. The van der Waals surface area contributed by atoms with Crippen molar-refractivity contribution in [2.24, 2.45) is 5.92 Å². The Labute approximate surface area is 185 Å². The molecule has 9 heteroatoms. The molecule has 31 heavy (non-hydrogen) atoms. The molecule has 1 unspecified atom stereocenters. The van der Waals surface area contributed by atoms with Crippen molar-refractivity contribution in [1.82, 2.24) is 4.90 Å². The molecule has 0 saturated carbocycles. The van der Waals surface area contributed by atoms with E-state index in [0.29, 0.717) is 27.9 Å². The Kier molecular flexibility index (Phi) is 7.02. The first-order valence-corrected chi connectivity index (χ1v) is 10.0. The van der Waals surface area contributed by atoms with Gasteiger partial charge >= 0.3 is 0 Å². The van der Waals surface area contributed by atoms with Crippen molar-refractivity contribution < 1.29 is 23.9 Å². The van der Waals surface area contributed by atoms with Crippen LogP contribution < -0.4 is 19.7 Å². The Hall–Kier alpha value is -3.26. The number of hydrogen-bond donors (Lipinski definition) is 1. The Balaban J connectivity index is 1.63. The van der Waals surface area contributed by atoms with Gasteiger partial charge in [-0.05, 0) is 30.3 Å². The molecule has 1 N–H and O–H groups in total. The Morgan fingerprint density at radius 1 is 1.19 bits per heavy atom. The number of carbonyl (C=O) groups excluding carboxylic acids is 3. The van der Waals surface area contributed by atoms with Crippen LogP contribution in [-0.2, 0) is 14.4 Å². The van der Waals surface area contributed by atoms with E-state index in [9.17, 15) is 14.4 Å². The zero-order chi connectivity index (χ0) is 22.5. The average molecular weight is 446 g/mol. The normalized spacial score (nSPS) is 15.5. The van der Waals surface area contributed by atoms with Crippen molar-refractivity contribution >= 4 is 40.7 Å². The minimum atomic E-state index is -0.553. The van der Waals surface area contributed by atoms with Gasteiger partial charge in [0.1, 0.15) is 11.5 Å². The molecule has 8 nitrogen and oxygen atoms in total. The monoisotopic (exact) mass is 445 g/mol. The van der Waals surface area contributed by atoms with Crippen LogP contribution in [-0.4, -0.2) is 57.0 Å². The van der Waals surface area contributed by atoms with Crippen LogP contribution in [0.1, 0.15) is 6.42 Å². The van der Waals surface area contributed by atoms with Crippen molar-refractivity contribution in [3.8, 4) is 11.5 Å². The summed E-state index contributed by atoms with van der Waals surface area (Å²) < 4.78 is 10.6. The summed E-state index contributed by atoms with van der Waals surface area (Å²) in [6.45, 7) is 0.0719. The second-order valence-corrected chi connectivity index (χ2v) is 7.63. The molecular weight excluding hydrogens is 422 g/mol. The van der Waals surface area contributed by atoms with Crippen molar-refractivity contribution in [2.75, 3.05) is 44.6 Å². The second kappa shape index (κ2) is 9.70. The number of likely N-dealkylation sites (N-methyl/N-ethyl adjacent to an activating group) is 1. The number of halogens is 1. The Morgan fingerprint density at radius 3 is 2.65 bits per heavy atom. The zero-order valence-electron chi connectivity index (χ0n) is 17.6. The highest BCUT2D eigenvalue weighted by Crippen LogP contribution is 2.36. The molecule has 2 aromatic carbocycles. The third-order valence-corrected chi connectivity index (χ3v) is 5.25. The van der Waals surface area contributed by atoms with Crippen molar-refractivity contribution in [2.45, 2.75) is 6.42 Å². The van der Waals surface area contributed by atoms with Crippen LogP contribution in [0.15, 0.2) is 42.5 Å². The fourth-order valence-corrected chi connectivity index (χ4v) is 3.68. The third kappa shape index (κ3) is 5.27. The first kappa shape index (κ1) is 22.4. The minimum absolute atomic E-state index is 0.0638. The largest absolute Gasteiger partial charge is 0.497 e. The number of ether oxygens (including phenoxy) is 2. The molecule has 1 atom stereocenters. The van der Waals surface area contributed by atoms with E-state index in [1.807, 2.05) is 0 Å². The van der Waals surface area contributed by atoms with Gasteiger partial charge in [-0.2, -0.15) is 0 Å². The molecule has 0 radical (unpaired) electrons. The topological polar surface area (TPSA) is 88.2 Å². The summed E-state index contributed by atoms with van der Waals surface area (Å²) in [5.74, 6) is -0.275. The molecule has 2 aromatic rings. The highest BCUT2D eigenvalue weighted by molar-refractivity contribution is 6.30. The fourth-order valence-electron chi connectivity index (χ4n) is 3.49. The first-order valence-electron chi connectivity index (χ1n) is 9.65. The maximum absolute atomic E-state index is 12.9. The van der Waals surface area contributed by atoms with Gasteiger partial charge in [0.2, 0.25) is 17.7 Å². The predicted octanol–water partition coefficient (Wildman–Crippen LogP) is 2.81. The van der Waals surface area contributed by atoms with Crippen LogP contribution in [0.2, 0.25) is 5.02 Å². The number of nitrogens with one attached hydrogen (secondary N) is 1. The lowest BCUT2D eigenvalue weighted by Gasteiger charge is -2.22. The molecule has 1 fully saturated rings. The summed E-state index contributed by atoms with van der Waals surface area (Å²) in [5, 5.41) is 3.21. The first-order chi connectivity index (χ1) is 14.8. The molecule has 164 valence electrons. The number of rotatable bonds is 7. The van der Waals surface area contributed by atoms with E-state index in [4.69, 9.17) is 21.1 Å². The van der Waals surface area contributed by atoms with E-state index < -0.39 is 5.92 Å². The van der Waals surface area contributed by atoms with Crippen LogP contribution in [0.4, 0.5) is 11.4 Å². The van der Waals surface area contributed by atoms with Gasteiger partial charge in [-0.25, -0.2) is 0 Å². The second-order valence-electron chi connectivity index (χ2n) is 7.20. The number of methoxy groups -OCH3 is 2. The molecule has 3 rings (SSSR count). The molecule has 3 amide bonds. The molecule has 0 spiro atoms. The summed E-state index contributed by atoms with van der Waals surface area (Å²) in [6.07, 6.45) is 0.0638. The number of amides is 3. The van der Waals surface area contributed by atoms with E-state index in [1.165, 1.54) is 16.9 Å². The minimum Gasteiger partial charge on any atom is -0.497 e. The molecule has 0 aliphatic carbocycles. The van der Waals surface area contributed by atoms with Crippen LogP contribution in [0.5, 0.6) is 11.5 Å². The van der Waals surface area contributed by atoms with E-state index in [1.54, 1.807) is 56.6 Å². The van der Waals surface area contributed by atoms with Crippen LogP contribution in [0, 0.1) is 5.92 Å². The van der Waals surface area contributed by atoms with Crippen molar-refractivity contribution in [3.05, 3.63) is 47.5 Å². The Bertz CT molecular complexity index is 997. The maximum atomic E-state index is 12.9. The van der Waals surface area contributed by atoms with Crippen LogP contribution in [0.3, 0.4) is 0 Å². The van der Waals surface area contributed by atoms with Gasteiger partial charge in [0, 0.05) is 36.8 Å². The van der Waals surface area contributed by atoms with E-state index in [0.717, 1.165) is 0 Å². The molecule has 1 aliphatic rings. The summed E-state index contributed by atoms with van der Waals surface area (Å²) >= 11 is 5.92. The van der Waals surface area contributed by atoms with Gasteiger partial charge in [-0.15, -0.1) is 0 Å². The third-order valence-electron chi connectivity index (χ3n) is 5.02. The summed E-state index contributed by atoms with van der Waals surface area (Å²) in [4.78, 5) is 40.6. The van der Waals surface area contributed by atoms with Gasteiger partial charge in [0.05, 0.1) is 32.4 Å². The SMILES string of the molecule is COc1ccc(N2CC(C(=O)N(C)CC(=O)Nc3cccc(Cl)c3)CC2=O)c(OC)c1. The lowest BCUT2D eigenvalue weighted by molar-refractivity contribution is -0.137. The number of carbonyl (C=O) groups is 3. The van der Waals surface area contributed by atoms with Gasteiger partial charge in [0.15, 0.2) is 0 Å². The molecule has 0 bridgehead atoms. The average Bonchev–Trinajstić information content (AvgIpc) is 3.13. The molecule has 1 aliphatic heterocycles. The highest BCUT2D eigenvalue weighted by Gasteiger charge is 2.37. The maximum Gasteiger partial charge on any atom is 0.243 e. The summed E-state index contributed by atoms with van der Waals surface area (Å²) in [5.41, 5.74) is 1.12. The quantitative estimate of drug-likeness (QED) is 0.708. The smallest absolute Gasteiger partial charge is 0.243 e. The molecule has 1 heterocycles. The van der Waals surface area contributed by atoms with E-state index in [2.05, 4.69) is 5.32 Å². The van der Waals surface area contributed by atoms with Crippen molar-refractivity contribution in [3.63, 3.8) is 0 Å². The molecular formula is C22H24ClN3O5. The van der Waals surface area contributed by atoms with Gasteiger partial charge in [-0.1, -0.05) is 17.7 Å². The molecule has 0 aromatic heterocycles. The van der Waals surface area contributed by atoms with E-state index in [-0.39, 0.29) is 37.2 Å². The Morgan fingerprint density at radius 2 is 1.97 bits per heavy atom. The van der Waals surface area contributed by atoms with Gasteiger partial charge < -0.3 is 24.6 Å². The predicted molar refractivity (Wildman–Crippen MR) is 118 cm³/mol. The van der Waals surface area contributed by atoms with Crippen molar-refractivity contribution in [1.29, 1.82) is 0 Å². The van der Waals surface area contributed by atoms with Gasteiger partial charge in [-0.3, -0.25) is 14.4 Å². The lowest BCUT2D eigenvalue weighted by atomic mass is 10.1. The number of anilines is 2. The number of nitrogens with zero attached hydrogens (tertiary/aromatic N) is 2. The van der Waals surface area contributed by atoms with Gasteiger partial charge in [0.25, 0.3) is 0 Å². The standard InChI is InChI=1S/C22H24ClN3O5/c1-25(13-20(27)24-16-6-4-5-15(23)10-16)22(29)14-9-21(28)26(12-14)18-8-7-17(30-2)11-19(18)31-3/h4-8,10-11,14H,9,12-13H2,1-3H3,(H,24,27). The van der Waals surface area contributed by atoms with E-state index >= 15 is 0 Å². The lowest BCUT2D eigenvalue weighted by Crippen LogP contribution is -2.39. The number of hydrogen-bond acceptors (Lipinski definition) is 5. The van der Waals surface area contributed by atoms with Crippen LogP contribution >= 0.6 is 11.6 Å². The fraction of sp³-hybridized carbons (Fsp3) is 0.318. The van der Waals surface area contributed by atoms with Crippen LogP contribution in [0.25, 0.3) is 0 Å².